The van der Waals surface area contributed by atoms with E-state index in [2.05, 4.69) is 10.3 Å². The predicted molar refractivity (Wildman–Crippen MR) is 80.4 cm³/mol. The van der Waals surface area contributed by atoms with Crippen LogP contribution >= 0.6 is 0 Å². The normalized spacial score (nSPS) is 12.9. The molecule has 1 heterocycles. The van der Waals surface area contributed by atoms with Crippen LogP contribution in [-0.4, -0.2) is 19.2 Å². The van der Waals surface area contributed by atoms with Gasteiger partial charge in [0.1, 0.15) is 0 Å². The van der Waals surface area contributed by atoms with Gasteiger partial charge in [0.05, 0.1) is 10.6 Å². The Morgan fingerprint density at radius 2 is 1.70 bits per heavy atom. The molecule has 1 N–H and O–H groups in total. The largest absolute Gasteiger partial charge is 0.379 e. The van der Waals surface area contributed by atoms with Crippen LogP contribution in [0.5, 0.6) is 0 Å². The first-order valence-corrected chi connectivity index (χ1v) is 8.17. The molecule has 0 bridgehead atoms. The van der Waals surface area contributed by atoms with E-state index in [1.807, 2.05) is 19.1 Å². The van der Waals surface area contributed by atoms with Crippen molar-refractivity contribution in [1.82, 2.24) is 4.98 Å². The van der Waals surface area contributed by atoms with Crippen molar-refractivity contribution in [2.24, 2.45) is 0 Å². The minimum atomic E-state index is -3.13. The van der Waals surface area contributed by atoms with Crippen molar-refractivity contribution in [3.05, 3.63) is 54.4 Å². The molecule has 0 fully saturated rings. The van der Waals surface area contributed by atoms with E-state index in [1.54, 1.807) is 43.6 Å². The molecular weight excluding hydrogens is 272 g/mol. The highest BCUT2D eigenvalue weighted by atomic mass is 32.2. The topological polar surface area (TPSA) is 59.1 Å². The molecule has 1 aromatic heterocycles. The minimum absolute atomic E-state index is 0.118. The highest BCUT2D eigenvalue weighted by Gasteiger charge is 2.11. The zero-order valence-electron chi connectivity index (χ0n) is 11.6. The van der Waals surface area contributed by atoms with Crippen LogP contribution in [0.1, 0.15) is 25.5 Å². The first-order chi connectivity index (χ1) is 9.53. The number of aromatic nitrogens is 1. The van der Waals surface area contributed by atoms with E-state index in [0.29, 0.717) is 4.90 Å². The number of hydrogen-bond acceptors (Lipinski definition) is 4. The zero-order valence-corrected chi connectivity index (χ0v) is 12.4. The van der Waals surface area contributed by atoms with Gasteiger partial charge < -0.3 is 5.32 Å². The summed E-state index contributed by atoms with van der Waals surface area (Å²) in [5, 5.41) is 3.33. The Morgan fingerprint density at radius 3 is 2.25 bits per heavy atom. The number of nitrogens with one attached hydrogen (secondary N) is 1. The fraction of sp³-hybridized carbons (Fsp3) is 0.267. The minimum Gasteiger partial charge on any atom is -0.379 e. The molecule has 1 atom stereocenters. The van der Waals surface area contributed by atoms with E-state index < -0.39 is 9.84 Å². The molecule has 2 rings (SSSR count). The third-order valence-electron chi connectivity index (χ3n) is 3.18. The standard InChI is InChI=1S/C15H18N2O2S/c1-3-20(18,19)15-6-4-14(5-7-15)17-12(2)13-8-10-16-11-9-13/h4-12,17H,3H2,1-2H3. The van der Waals surface area contributed by atoms with E-state index in [4.69, 9.17) is 0 Å². The van der Waals surface area contributed by atoms with Crippen LogP contribution < -0.4 is 5.32 Å². The Bertz CT molecular complexity index is 652. The van der Waals surface area contributed by atoms with Gasteiger partial charge in [0.15, 0.2) is 9.84 Å². The van der Waals surface area contributed by atoms with Gasteiger partial charge in [0.25, 0.3) is 0 Å². The van der Waals surface area contributed by atoms with Crippen molar-refractivity contribution in [2.75, 3.05) is 11.1 Å². The van der Waals surface area contributed by atoms with Crippen molar-refractivity contribution in [1.29, 1.82) is 0 Å². The molecule has 4 nitrogen and oxygen atoms in total. The Labute approximate surface area is 119 Å². The van der Waals surface area contributed by atoms with Crippen LogP contribution in [-0.2, 0) is 9.84 Å². The van der Waals surface area contributed by atoms with E-state index in [0.717, 1.165) is 11.3 Å². The van der Waals surface area contributed by atoms with E-state index in [9.17, 15) is 8.42 Å². The molecule has 0 saturated heterocycles. The smallest absolute Gasteiger partial charge is 0.178 e. The number of hydrogen-bond donors (Lipinski definition) is 1. The lowest BCUT2D eigenvalue weighted by Crippen LogP contribution is -2.07. The number of sulfone groups is 1. The third-order valence-corrected chi connectivity index (χ3v) is 4.93. The molecule has 20 heavy (non-hydrogen) atoms. The van der Waals surface area contributed by atoms with Gasteiger partial charge in [-0.25, -0.2) is 8.42 Å². The van der Waals surface area contributed by atoms with Crippen molar-refractivity contribution < 1.29 is 8.42 Å². The second-order valence-electron chi connectivity index (χ2n) is 4.57. The van der Waals surface area contributed by atoms with Gasteiger partial charge in [0.2, 0.25) is 0 Å². The average molecular weight is 290 g/mol. The fourth-order valence-electron chi connectivity index (χ4n) is 1.91. The van der Waals surface area contributed by atoms with Gasteiger partial charge in [-0.15, -0.1) is 0 Å². The summed E-state index contributed by atoms with van der Waals surface area (Å²) in [7, 11) is -3.13. The maximum atomic E-state index is 11.7. The number of rotatable bonds is 5. The number of nitrogens with zero attached hydrogens (tertiary/aromatic N) is 1. The molecular formula is C15H18N2O2S. The maximum absolute atomic E-state index is 11.7. The number of benzene rings is 1. The second-order valence-corrected chi connectivity index (χ2v) is 6.85. The lowest BCUT2D eigenvalue weighted by Gasteiger charge is -2.15. The van der Waals surface area contributed by atoms with E-state index in [-0.39, 0.29) is 11.8 Å². The molecule has 5 heteroatoms. The molecule has 0 aliphatic heterocycles. The molecule has 0 aliphatic carbocycles. The van der Waals surface area contributed by atoms with Gasteiger partial charge in [-0.3, -0.25) is 4.98 Å². The predicted octanol–water partition coefficient (Wildman–Crippen LogP) is 3.05. The summed E-state index contributed by atoms with van der Waals surface area (Å²) in [5.74, 6) is 0.118. The second kappa shape index (κ2) is 6.05. The summed E-state index contributed by atoms with van der Waals surface area (Å²) in [4.78, 5) is 4.35. The molecule has 0 aliphatic rings. The van der Waals surface area contributed by atoms with Crippen molar-refractivity contribution in [2.45, 2.75) is 24.8 Å². The summed E-state index contributed by atoms with van der Waals surface area (Å²) >= 11 is 0. The van der Waals surface area contributed by atoms with Crippen molar-refractivity contribution >= 4 is 15.5 Å². The molecule has 0 amide bonds. The Morgan fingerprint density at radius 1 is 1.10 bits per heavy atom. The van der Waals surface area contributed by atoms with E-state index in [1.165, 1.54) is 0 Å². The van der Waals surface area contributed by atoms with Gasteiger partial charge in [-0.2, -0.15) is 0 Å². The van der Waals surface area contributed by atoms with Gasteiger partial charge in [-0.1, -0.05) is 6.92 Å². The molecule has 0 radical (unpaired) electrons. The lowest BCUT2D eigenvalue weighted by molar-refractivity contribution is 0.597. The van der Waals surface area contributed by atoms with Crippen LogP contribution in [0.3, 0.4) is 0 Å². The summed E-state index contributed by atoms with van der Waals surface area (Å²) < 4.78 is 23.5. The SMILES string of the molecule is CCS(=O)(=O)c1ccc(NC(C)c2ccncc2)cc1. The summed E-state index contributed by atoms with van der Waals surface area (Å²) in [6.07, 6.45) is 3.51. The van der Waals surface area contributed by atoms with Crippen LogP contribution in [0.15, 0.2) is 53.7 Å². The third kappa shape index (κ3) is 3.36. The first kappa shape index (κ1) is 14.5. The highest BCUT2D eigenvalue weighted by Crippen LogP contribution is 2.20. The van der Waals surface area contributed by atoms with Crippen LogP contribution in [0, 0.1) is 0 Å². The zero-order chi connectivity index (χ0) is 14.6. The molecule has 2 aromatic rings. The van der Waals surface area contributed by atoms with Gasteiger partial charge in [0, 0.05) is 24.1 Å². The number of pyridine rings is 1. The number of anilines is 1. The van der Waals surface area contributed by atoms with Crippen molar-refractivity contribution in [3.8, 4) is 0 Å². The van der Waals surface area contributed by atoms with Gasteiger partial charge in [-0.05, 0) is 48.9 Å². The summed E-state index contributed by atoms with van der Waals surface area (Å²) in [6, 6.07) is 10.9. The molecule has 1 unspecified atom stereocenters. The molecule has 0 saturated carbocycles. The maximum Gasteiger partial charge on any atom is 0.178 e. The molecule has 1 aromatic carbocycles. The van der Waals surface area contributed by atoms with Crippen molar-refractivity contribution in [3.63, 3.8) is 0 Å². The Hall–Kier alpha value is -1.88. The first-order valence-electron chi connectivity index (χ1n) is 6.52. The average Bonchev–Trinajstić information content (AvgIpc) is 2.48. The molecule has 0 spiro atoms. The van der Waals surface area contributed by atoms with Crippen LogP contribution in [0.2, 0.25) is 0 Å². The molecule has 106 valence electrons. The Balaban J connectivity index is 2.12. The lowest BCUT2D eigenvalue weighted by atomic mass is 10.1. The quantitative estimate of drug-likeness (QED) is 0.919. The van der Waals surface area contributed by atoms with Crippen LogP contribution in [0.25, 0.3) is 0 Å². The summed E-state index contributed by atoms with van der Waals surface area (Å²) in [6.45, 7) is 3.69. The fourth-order valence-corrected chi connectivity index (χ4v) is 2.79. The van der Waals surface area contributed by atoms with Gasteiger partial charge >= 0.3 is 0 Å². The van der Waals surface area contributed by atoms with E-state index >= 15 is 0 Å². The summed E-state index contributed by atoms with van der Waals surface area (Å²) in [5.41, 5.74) is 2.02. The monoisotopic (exact) mass is 290 g/mol. The van der Waals surface area contributed by atoms with Crippen LogP contribution in [0.4, 0.5) is 5.69 Å². The highest BCUT2D eigenvalue weighted by molar-refractivity contribution is 7.91. The Kier molecular flexibility index (Phi) is 4.39.